The van der Waals surface area contributed by atoms with E-state index in [0.717, 1.165) is 0 Å². The van der Waals surface area contributed by atoms with Gasteiger partial charge in [0.05, 0.1) is 0 Å². The van der Waals surface area contributed by atoms with Crippen molar-refractivity contribution in [1.82, 2.24) is 0 Å². The van der Waals surface area contributed by atoms with Crippen molar-refractivity contribution >= 4 is 12.1 Å². The molecule has 0 heterocycles. The zero-order valence-corrected chi connectivity index (χ0v) is 8.36. The van der Waals surface area contributed by atoms with Crippen molar-refractivity contribution in [2.75, 3.05) is 0 Å². The van der Waals surface area contributed by atoms with Gasteiger partial charge in [0.15, 0.2) is 0 Å². The van der Waals surface area contributed by atoms with Crippen molar-refractivity contribution in [3.8, 4) is 0 Å². The molecule has 4 nitrogen and oxygen atoms in total. The molecular formula is C10H7F3O4. The number of esters is 1. The third-order valence-corrected chi connectivity index (χ3v) is 1.61. The zero-order chi connectivity index (χ0) is 12.9. The summed E-state index contributed by atoms with van der Waals surface area (Å²) in [6, 6.07) is 8.22. The van der Waals surface area contributed by atoms with Crippen LogP contribution in [0, 0.1) is 0 Å². The van der Waals surface area contributed by atoms with E-state index in [0.29, 0.717) is 5.56 Å². The van der Waals surface area contributed by atoms with Crippen LogP contribution in [0.4, 0.5) is 18.0 Å². The molecule has 0 spiro atoms. The van der Waals surface area contributed by atoms with Gasteiger partial charge in [-0.25, -0.2) is 9.59 Å². The van der Waals surface area contributed by atoms with Gasteiger partial charge < -0.3 is 9.47 Å². The molecule has 7 heteroatoms. The molecule has 0 aliphatic carbocycles. The summed E-state index contributed by atoms with van der Waals surface area (Å²) in [7, 11) is 0. The van der Waals surface area contributed by atoms with Crippen LogP contribution in [-0.2, 0) is 20.9 Å². The fraction of sp³-hybridized carbons (Fsp3) is 0.200. The lowest BCUT2D eigenvalue weighted by atomic mass is 10.2. The van der Waals surface area contributed by atoms with Gasteiger partial charge in [0.2, 0.25) is 0 Å². The molecule has 0 radical (unpaired) electrons. The minimum Gasteiger partial charge on any atom is -0.429 e. The number of carbonyl (C=O) groups excluding carboxylic acids is 2. The van der Waals surface area contributed by atoms with Crippen molar-refractivity contribution in [2.24, 2.45) is 0 Å². The third-order valence-electron chi connectivity index (χ3n) is 1.61. The number of hydrogen-bond acceptors (Lipinski definition) is 4. The Balaban J connectivity index is 2.39. The summed E-state index contributed by atoms with van der Waals surface area (Å²) < 4.78 is 42.8. The van der Waals surface area contributed by atoms with Crippen LogP contribution in [0.25, 0.3) is 0 Å². The minimum absolute atomic E-state index is 0.273. The van der Waals surface area contributed by atoms with Crippen LogP contribution in [0.15, 0.2) is 30.3 Å². The number of halogens is 3. The van der Waals surface area contributed by atoms with E-state index in [1.807, 2.05) is 0 Å². The summed E-state index contributed by atoms with van der Waals surface area (Å²) in [4.78, 5) is 20.9. The Labute approximate surface area is 93.9 Å². The lowest BCUT2D eigenvalue weighted by Crippen LogP contribution is -2.28. The van der Waals surface area contributed by atoms with Crippen molar-refractivity contribution in [2.45, 2.75) is 12.8 Å². The van der Waals surface area contributed by atoms with Gasteiger partial charge in [-0.2, -0.15) is 13.2 Å². The summed E-state index contributed by atoms with van der Waals surface area (Å²) in [6.07, 6.45) is -6.90. The highest BCUT2D eigenvalue weighted by atomic mass is 19.4. The van der Waals surface area contributed by atoms with Crippen LogP contribution in [0.1, 0.15) is 5.56 Å². The number of ether oxygens (including phenoxy) is 2. The molecule has 92 valence electrons. The Morgan fingerprint density at radius 2 is 1.71 bits per heavy atom. The average Bonchev–Trinajstić information content (AvgIpc) is 2.26. The number of hydrogen-bond donors (Lipinski definition) is 0. The second kappa shape index (κ2) is 5.33. The van der Waals surface area contributed by atoms with E-state index in [4.69, 9.17) is 0 Å². The Kier molecular flexibility index (Phi) is 4.08. The zero-order valence-electron chi connectivity index (χ0n) is 8.36. The molecule has 1 rings (SSSR count). The molecule has 0 aliphatic heterocycles. The topological polar surface area (TPSA) is 52.6 Å². The monoisotopic (exact) mass is 248 g/mol. The first-order valence-electron chi connectivity index (χ1n) is 4.39. The van der Waals surface area contributed by atoms with Crippen molar-refractivity contribution in [1.29, 1.82) is 0 Å². The van der Waals surface area contributed by atoms with Crippen LogP contribution in [0.2, 0.25) is 0 Å². The van der Waals surface area contributed by atoms with Gasteiger partial charge in [-0.1, -0.05) is 30.3 Å². The molecule has 0 N–H and O–H groups in total. The molecule has 0 bridgehead atoms. The van der Waals surface area contributed by atoms with Crippen molar-refractivity contribution < 1.29 is 32.2 Å². The molecule has 0 aliphatic rings. The van der Waals surface area contributed by atoms with Crippen LogP contribution in [0.5, 0.6) is 0 Å². The summed E-state index contributed by atoms with van der Waals surface area (Å²) >= 11 is 0. The summed E-state index contributed by atoms with van der Waals surface area (Å²) in [6.45, 7) is -0.273. The van der Waals surface area contributed by atoms with Gasteiger partial charge in [0.1, 0.15) is 6.61 Å². The van der Waals surface area contributed by atoms with Crippen LogP contribution in [0.3, 0.4) is 0 Å². The Morgan fingerprint density at radius 1 is 1.12 bits per heavy atom. The quantitative estimate of drug-likeness (QED) is 0.595. The van der Waals surface area contributed by atoms with Gasteiger partial charge in [-0.3, -0.25) is 0 Å². The van der Waals surface area contributed by atoms with E-state index < -0.39 is 18.3 Å². The number of carbonyl (C=O) groups is 2. The first kappa shape index (κ1) is 13.0. The molecule has 0 saturated heterocycles. The average molecular weight is 248 g/mol. The predicted molar refractivity (Wildman–Crippen MR) is 48.8 cm³/mol. The first-order valence-corrected chi connectivity index (χ1v) is 4.39. The molecule has 0 fully saturated rings. The molecule has 0 amide bonds. The molecule has 17 heavy (non-hydrogen) atoms. The predicted octanol–water partition coefficient (Wildman–Crippen LogP) is 2.43. The van der Waals surface area contributed by atoms with Gasteiger partial charge in [0, 0.05) is 0 Å². The van der Waals surface area contributed by atoms with Gasteiger partial charge in [0.25, 0.3) is 0 Å². The normalized spacial score (nSPS) is 10.8. The SMILES string of the molecule is O=C(OCc1ccccc1)OC(=O)C(F)(F)F. The maximum atomic E-state index is 11.7. The molecule has 1 aromatic rings. The van der Waals surface area contributed by atoms with Crippen LogP contribution in [-0.4, -0.2) is 18.3 Å². The molecule has 0 atom stereocenters. The van der Waals surface area contributed by atoms with Crippen molar-refractivity contribution in [3.63, 3.8) is 0 Å². The van der Waals surface area contributed by atoms with Crippen LogP contribution >= 0.6 is 0 Å². The summed E-state index contributed by atoms with van der Waals surface area (Å²) in [5, 5.41) is 0. The lowest BCUT2D eigenvalue weighted by Gasteiger charge is -2.06. The Hall–Kier alpha value is -2.05. The standard InChI is InChI=1S/C10H7F3O4/c11-10(12,13)8(14)17-9(15)16-6-7-4-2-1-3-5-7/h1-5H,6H2. The second-order valence-corrected chi connectivity index (χ2v) is 2.91. The van der Waals surface area contributed by atoms with E-state index in [-0.39, 0.29) is 6.61 Å². The second-order valence-electron chi connectivity index (χ2n) is 2.91. The molecule has 0 aromatic heterocycles. The van der Waals surface area contributed by atoms with E-state index in [9.17, 15) is 22.8 Å². The number of benzene rings is 1. The minimum atomic E-state index is -5.22. The highest BCUT2D eigenvalue weighted by Crippen LogP contribution is 2.16. The molecular weight excluding hydrogens is 241 g/mol. The van der Waals surface area contributed by atoms with Gasteiger partial charge in [-0.15, -0.1) is 0 Å². The van der Waals surface area contributed by atoms with Gasteiger partial charge in [-0.05, 0) is 5.56 Å². The largest absolute Gasteiger partial charge is 0.516 e. The van der Waals surface area contributed by atoms with Crippen LogP contribution < -0.4 is 0 Å². The Bertz CT molecular complexity index is 400. The van der Waals surface area contributed by atoms with Crippen molar-refractivity contribution in [3.05, 3.63) is 35.9 Å². The smallest absolute Gasteiger partial charge is 0.429 e. The van der Waals surface area contributed by atoms with E-state index in [2.05, 4.69) is 9.47 Å². The summed E-state index contributed by atoms with van der Waals surface area (Å²) in [5.74, 6) is -2.60. The fourth-order valence-corrected chi connectivity index (χ4v) is 0.880. The lowest BCUT2D eigenvalue weighted by molar-refractivity contribution is -0.195. The highest BCUT2D eigenvalue weighted by molar-refractivity contribution is 5.85. The van der Waals surface area contributed by atoms with E-state index in [1.54, 1.807) is 30.3 Å². The van der Waals surface area contributed by atoms with E-state index >= 15 is 0 Å². The summed E-state index contributed by atoms with van der Waals surface area (Å²) in [5.41, 5.74) is 0.559. The number of rotatable bonds is 2. The molecule has 1 aromatic carbocycles. The highest BCUT2D eigenvalue weighted by Gasteiger charge is 2.42. The Morgan fingerprint density at radius 3 is 2.24 bits per heavy atom. The maximum Gasteiger partial charge on any atom is 0.516 e. The fourth-order valence-electron chi connectivity index (χ4n) is 0.880. The number of alkyl halides is 3. The molecule has 0 saturated carbocycles. The molecule has 0 unspecified atom stereocenters. The maximum absolute atomic E-state index is 11.7. The van der Waals surface area contributed by atoms with E-state index in [1.165, 1.54) is 0 Å². The third kappa shape index (κ3) is 4.54. The van der Waals surface area contributed by atoms with Gasteiger partial charge >= 0.3 is 18.3 Å². The first-order chi connectivity index (χ1) is 7.89.